The third-order valence-corrected chi connectivity index (χ3v) is 6.55. The molecule has 0 unspecified atom stereocenters. The molecule has 3 aromatic carbocycles. The molecule has 0 radical (unpaired) electrons. The van der Waals surface area contributed by atoms with Crippen LogP contribution in [-0.2, 0) is 9.59 Å². The minimum Gasteiger partial charge on any atom is -0.350 e. The monoisotopic (exact) mass is 442 g/mol. The number of thioether (sulfide) groups is 1. The molecule has 0 aliphatic carbocycles. The average molecular weight is 443 g/mol. The highest BCUT2D eigenvalue weighted by molar-refractivity contribution is 8.04. The minimum absolute atomic E-state index is 0.309. The Labute approximate surface area is 193 Å². The Hall–Kier alpha value is -3.31. The molecule has 4 nitrogen and oxygen atoms in total. The van der Waals surface area contributed by atoms with Crippen molar-refractivity contribution in [3.63, 3.8) is 0 Å². The van der Waals surface area contributed by atoms with Crippen LogP contribution in [0.2, 0.25) is 0 Å². The Morgan fingerprint density at radius 3 is 2.16 bits per heavy atom. The van der Waals surface area contributed by atoms with E-state index in [1.165, 1.54) is 16.7 Å². The van der Waals surface area contributed by atoms with Crippen molar-refractivity contribution in [1.82, 2.24) is 0 Å². The molecule has 1 aliphatic rings. The number of rotatable bonds is 6. The summed E-state index contributed by atoms with van der Waals surface area (Å²) in [6, 6.07) is 23.3. The number of nitrogens with zero attached hydrogens (tertiary/aromatic N) is 1. The van der Waals surface area contributed by atoms with Gasteiger partial charge in [0.2, 0.25) is 0 Å². The number of carbonyl (C=O) groups is 2. The van der Waals surface area contributed by atoms with Gasteiger partial charge in [0.25, 0.3) is 11.8 Å². The quantitative estimate of drug-likeness (QED) is 0.448. The van der Waals surface area contributed by atoms with Crippen molar-refractivity contribution in [3.05, 3.63) is 100 Å². The lowest BCUT2D eigenvalue weighted by Crippen LogP contribution is -2.32. The number of aryl methyl sites for hydroxylation is 2. The molecular weight excluding hydrogens is 416 g/mol. The number of hydrogen-bond acceptors (Lipinski definition) is 4. The van der Waals surface area contributed by atoms with Gasteiger partial charge in [0.05, 0.1) is 5.69 Å². The highest BCUT2D eigenvalue weighted by atomic mass is 32.2. The zero-order valence-electron chi connectivity index (χ0n) is 18.7. The van der Waals surface area contributed by atoms with Gasteiger partial charge in [-0.15, -0.1) is 0 Å². The molecular formula is C27H26N2O2S. The number of imide groups is 1. The number of benzene rings is 3. The van der Waals surface area contributed by atoms with Gasteiger partial charge in [-0.2, -0.15) is 0 Å². The summed E-state index contributed by atoms with van der Waals surface area (Å²) in [6.07, 6.45) is 0. The molecule has 0 fully saturated rings. The summed E-state index contributed by atoms with van der Waals surface area (Å²) < 4.78 is 0. The van der Waals surface area contributed by atoms with Crippen LogP contribution in [-0.4, -0.2) is 11.8 Å². The molecule has 3 aromatic rings. The van der Waals surface area contributed by atoms with Gasteiger partial charge in [0.15, 0.2) is 0 Å². The zero-order chi connectivity index (χ0) is 22.8. The molecule has 0 saturated heterocycles. The second kappa shape index (κ2) is 9.05. The maximum atomic E-state index is 13.5. The van der Waals surface area contributed by atoms with Crippen LogP contribution >= 0.6 is 11.8 Å². The molecule has 0 aromatic heterocycles. The van der Waals surface area contributed by atoms with Gasteiger partial charge in [-0.3, -0.25) is 9.59 Å². The van der Waals surface area contributed by atoms with Gasteiger partial charge in [-0.05, 0) is 61.2 Å². The summed E-state index contributed by atoms with van der Waals surface area (Å²) in [5.74, 6) is -0.280. The van der Waals surface area contributed by atoms with Crippen LogP contribution in [0.3, 0.4) is 0 Å². The number of carbonyl (C=O) groups excluding carboxylic acids is 2. The Bertz CT molecular complexity index is 1200. The predicted octanol–water partition coefficient (Wildman–Crippen LogP) is 6.42. The fraction of sp³-hybridized carbons (Fsp3) is 0.185. The molecule has 1 heterocycles. The fourth-order valence-corrected chi connectivity index (χ4v) is 4.60. The molecule has 0 spiro atoms. The first kappa shape index (κ1) is 21.9. The maximum Gasteiger partial charge on any atom is 0.283 e. The molecule has 162 valence electrons. The first-order valence-corrected chi connectivity index (χ1v) is 11.5. The Morgan fingerprint density at radius 2 is 1.53 bits per heavy atom. The Kier molecular flexibility index (Phi) is 6.19. The smallest absolute Gasteiger partial charge is 0.283 e. The lowest BCUT2D eigenvalue weighted by molar-refractivity contribution is -0.120. The number of hydrogen-bond donors (Lipinski definition) is 1. The summed E-state index contributed by atoms with van der Waals surface area (Å²) in [5, 5.41) is 3.26. The normalized spacial score (nSPS) is 14.0. The van der Waals surface area contributed by atoms with Crippen molar-refractivity contribution in [2.45, 2.75) is 38.5 Å². The van der Waals surface area contributed by atoms with Crippen LogP contribution in [0.25, 0.3) is 0 Å². The van der Waals surface area contributed by atoms with Crippen LogP contribution in [0.4, 0.5) is 11.4 Å². The predicted molar refractivity (Wildman–Crippen MR) is 132 cm³/mol. The first-order valence-electron chi connectivity index (χ1n) is 10.7. The number of anilines is 2. The topological polar surface area (TPSA) is 49.4 Å². The SMILES string of the molecule is Cc1ccc(NC2=C(Sc3ccccc3)C(=O)N(c3ccc(C(C)C)cc3)C2=O)c(C)c1. The fourth-order valence-electron chi connectivity index (χ4n) is 3.65. The van der Waals surface area contributed by atoms with Crippen molar-refractivity contribution in [3.8, 4) is 0 Å². The van der Waals surface area contributed by atoms with E-state index in [2.05, 4.69) is 25.2 Å². The molecule has 0 bridgehead atoms. The van der Waals surface area contributed by atoms with Crippen molar-refractivity contribution in [1.29, 1.82) is 0 Å². The van der Waals surface area contributed by atoms with Crippen molar-refractivity contribution in [2.75, 3.05) is 10.2 Å². The van der Waals surface area contributed by atoms with E-state index in [9.17, 15) is 9.59 Å². The summed E-state index contributed by atoms with van der Waals surface area (Å²) in [4.78, 5) is 29.5. The molecule has 0 saturated carbocycles. The van der Waals surface area contributed by atoms with Gasteiger partial charge in [0.1, 0.15) is 10.6 Å². The van der Waals surface area contributed by atoms with E-state index in [-0.39, 0.29) is 11.8 Å². The molecule has 32 heavy (non-hydrogen) atoms. The number of amides is 2. The van der Waals surface area contributed by atoms with Crippen molar-refractivity contribution >= 4 is 35.0 Å². The Morgan fingerprint density at radius 1 is 0.844 bits per heavy atom. The van der Waals surface area contributed by atoms with Crippen LogP contribution in [0.1, 0.15) is 36.5 Å². The summed E-state index contributed by atoms with van der Waals surface area (Å²) in [7, 11) is 0. The lowest BCUT2D eigenvalue weighted by Gasteiger charge is -2.17. The van der Waals surface area contributed by atoms with Crippen LogP contribution in [0.5, 0.6) is 0 Å². The molecule has 0 atom stereocenters. The second-order valence-corrected chi connectivity index (χ2v) is 9.34. The van der Waals surface area contributed by atoms with Gasteiger partial charge in [-0.1, -0.05) is 73.6 Å². The van der Waals surface area contributed by atoms with E-state index in [1.807, 2.05) is 80.6 Å². The summed E-state index contributed by atoms with van der Waals surface area (Å²) in [6.45, 7) is 8.25. The van der Waals surface area contributed by atoms with Gasteiger partial charge in [-0.25, -0.2) is 4.90 Å². The van der Waals surface area contributed by atoms with Crippen LogP contribution in [0.15, 0.2) is 88.3 Å². The molecule has 2 amide bonds. The van der Waals surface area contributed by atoms with Crippen LogP contribution in [0, 0.1) is 13.8 Å². The third-order valence-electron chi connectivity index (χ3n) is 5.46. The van der Waals surface area contributed by atoms with Crippen molar-refractivity contribution < 1.29 is 9.59 Å². The highest BCUT2D eigenvalue weighted by Crippen LogP contribution is 2.38. The van der Waals surface area contributed by atoms with E-state index in [1.54, 1.807) is 0 Å². The highest BCUT2D eigenvalue weighted by Gasteiger charge is 2.40. The van der Waals surface area contributed by atoms with Crippen LogP contribution < -0.4 is 10.2 Å². The van der Waals surface area contributed by atoms with E-state index in [0.717, 1.165) is 27.3 Å². The van der Waals surface area contributed by atoms with Gasteiger partial charge in [0, 0.05) is 10.6 Å². The molecule has 1 N–H and O–H groups in total. The zero-order valence-corrected chi connectivity index (χ0v) is 19.5. The Balaban J connectivity index is 1.73. The third kappa shape index (κ3) is 4.34. The lowest BCUT2D eigenvalue weighted by atomic mass is 10.0. The summed E-state index contributed by atoms with van der Waals surface area (Å²) >= 11 is 1.31. The average Bonchev–Trinajstić information content (AvgIpc) is 3.00. The van der Waals surface area contributed by atoms with E-state index >= 15 is 0 Å². The molecule has 1 aliphatic heterocycles. The second-order valence-electron chi connectivity index (χ2n) is 8.25. The van der Waals surface area contributed by atoms with Gasteiger partial charge < -0.3 is 5.32 Å². The minimum atomic E-state index is -0.342. The molecule has 5 heteroatoms. The van der Waals surface area contributed by atoms with Gasteiger partial charge >= 0.3 is 0 Å². The first-order chi connectivity index (χ1) is 15.3. The molecule has 4 rings (SSSR count). The summed E-state index contributed by atoms with van der Waals surface area (Å²) in [5.41, 5.74) is 5.02. The largest absolute Gasteiger partial charge is 0.350 e. The number of nitrogens with one attached hydrogen (secondary N) is 1. The van der Waals surface area contributed by atoms with E-state index < -0.39 is 0 Å². The maximum absolute atomic E-state index is 13.5. The van der Waals surface area contributed by atoms with E-state index in [4.69, 9.17) is 0 Å². The van der Waals surface area contributed by atoms with Crippen molar-refractivity contribution in [2.24, 2.45) is 0 Å². The van der Waals surface area contributed by atoms with E-state index in [0.29, 0.717) is 22.2 Å². The standard InChI is InChI=1S/C27H26N2O2S/c1-17(2)20-11-13-21(14-12-20)29-26(30)24(28-23-15-10-18(3)16-19(23)4)25(27(29)31)32-22-8-6-5-7-9-22/h5-17,28H,1-4H3.